The molecule has 0 spiro atoms. The molecule has 1 aromatic carbocycles. The van der Waals surface area contributed by atoms with E-state index in [0.717, 1.165) is 5.56 Å². The predicted octanol–water partition coefficient (Wildman–Crippen LogP) is 2.81. The Hall–Kier alpha value is -1.20. The highest BCUT2D eigenvalue weighted by atomic mass is 127. The summed E-state index contributed by atoms with van der Waals surface area (Å²) in [4.78, 5) is 4.44. The maximum absolute atomic E-state index is 12.6. The van der Waals surface area contributed by atoms with Gasteiger partial charge in [0.05, 0.1) is 12.1 Å². The molecule has 1 aromatic rings. The third-order valence-electron chi connectivity index (χ3n) is 4.19. The number of nitrogens with one attached hydrogen (secondary N) is 2. The lowest BCUT2D eigenvalue weighted by Gasteiger charge is -2.32. The molecule has 0 amide bonds. The van der Waals surface area contributed by atoms with Crippen LogP contribution in [-0.2, 0) is 11.3 Å². The van der Waals surface area contributed by atoms with Crippen molar-refractivity contribution in [3.05, 3.63) is 29.3 Å². The van der Waals surface area contributed by atoms with Gasteiger partial charge < -0.3 is 25.2 Å². The molecule has 0 radical (unpaired) electrons. The summed E-state index contributed by atoms with van der Waals surface area (Å²) >= 11 is 0. The first-order chi connectivity index (χ1) is 12.4. The molecule has 1 heterocycles. The van der Waals surface area contributed by atoms with Gasteiger partial charge in [-0.05, 0) is 19.9 Å². The summed E-state index contributed by atoms with van der Waals surface area (Å²) in [5.74, 6) is 0.630. The first kappa shape index (κ1) is 23.8. The van der Waals surface area contributed by atoms with Crippen molar-refractivity contribution in [1.82, 2.24) is 10.6 Å². The van der Waals surface area contributed by atoms with Gasteiger partial charge in [0.1, 0.15) is 5.75 Å². The maximum Gasteiger partial charge on any atom is 0.387 e. The van der Waals surface area contributed by atoms with E-state index >= 15 is 0 Å². The van der Waals surface area contributed by atoms with Gasteiger partial charge in [-0.15, -0.1) is 24.0 Å². The van der Waals surface area contributed by atoms with E-state index in [2.05, 4.69) is 20.4 Å². The molecule has 27 heavy (non-hydrogen) atoms. The molecule has 2 rings (SSSR count). The zero-order valence-corrected chi connectivity index (χ0v) is 18.0. The van der Waals surface area contributed by atoms with Crippen LogP contribution in [0.25, 0.3) is 0 Å². The molecule has 0 saturated carbocycles. The van der Waals surface area contributed by atoms with E-state index in [4.69, 9.17) is 4.74 Å². The van der Waals surface area contributed by atoms with Crippen LogP contribution in [0.5, 0.6) is 5.75 Å². The van der Waals surface area contributed by atoms with Crippen LogP contribution in [0.15, 0.2) is 23.2 Å². The Labute approximate surface area is 175 Å². The third kappa shape index (κ3) is 8.14. The molecule has 0 atom stereocenters. The van der Waals surface area contributed by atoms with Crippen molar-refractivity contribution < 1.29 is 23.4 Å². The number of guanidine groups is 1. The summed E-state index contributed by atoms with van der Waals surface area (Å²) in [6.07, 6.45) is 1.12. The summed E-state index contributed by atoms with van der Waals surface area (Å²) < 4.78 is 35.0. The minimum atomic E-state index is -2.88. The van der Waals surface area contributed by atoms with Gasteiger partial charge in [0, 0.05) is 44.7 Å². The number of aliphatic imine (C=N–C) groups is 1. The van der Waals surface area contributed by atoms with Gasteiger partial charge in [0.15, 0.2) is 5.96 Å². The fraction of sp³-hybridized carbons (Fsp3) is 0.611. The lowest BCUT2D eigenvalue weighted by atomic mass is 9.94. The van der Waals surface area contributed by atoms with E-state index < -0.39 is 12.2 Å². The number of rotatable bonds is 7. The van der Waals surface area contributed by atoms with Gasteiger partial charge in [-0.2, -0.15) is 8.78 Å². The molecular weight excluding hydrogens is 471 g/mol. The first-order valence-electron chi connectivity index (χ1n) is 8.78. The van der Waals surface area contributed by atoms with Crippen molar-refractivity contribution in [1.29, 1.82) is 0 Å². The molecule has 154 valence electrons. The van der Waals surface area contributed by atoms with Crippen LogP contribution in [0.3, 0.4) is 0 Å². The van der Waals surface area contributed by atoms with Crippen molar-refractivity contribution >= 4 is 29.9 Å². The highest BCUT2D eigenvalue weighted by molar-refractivity contribution is 14.0. The molecule has 1 aliphatic rings. The number of hydrogen-bond donors (Lipinski definition) is 3. The molecule has 0 aliphatic carbocycles. The fourth-order valence-electron chi connectivity index (χ4n) is 2.73. The van der Waals surface area contributed by atoms with E-state index in [0.29, 0.717) is 50.7 Å². The largest absolute Gasteiger partial charge is 0.434 e. The van der Waals surface area contributed by atoms with E-state index in [-0.39, 0.29) is 36.3 Å². The Morgan fingerprint density at radius 2 is 2.04 bits per heavy atom. The van der Waals surface area contributed by atoms with Gasteiger partial charge in [-0.1, -0.05) is 17.7 Å². The second-order valence-corrected chi connectivity index (χ2v) is 6.38. The van der Waals surface area contributed by atoms with Crippen molar-refractivity contribution in [2.75, 3.05) is 26.3 Å². The number of ether oxygens (including phenoxy) is 2. The Kier molecular flexibility index (Phi) is 10.2. The lowest BCUT2D eigenvalue weighted by Crippen LogP contribution is -2.49. The molecule has 1 aliphatic heterocycles. The van der Waals surface area contributed by atoms with Gasteiger partial charge in [0.25, 0.3) is 0 Å². The summed E-state index contributed by atoms with van der Waals surface area (Å²) in [5, 5.41) is 16.7. The highest BCUT2D eigenvalue weighted by Crippen LogP contribution is 2.23. The van der Waals surface area contributed by atoms with Crippen molar-refractivity contribution in [3.8, 4) is 5.75 Å². The van der Waals surface area contributed by atoms with Gasteiger partial charge in [-0.3, -0.25) is 0 Å². The minimum Gasteiger partial charge on any atom is -0.434 e. The molecular formula is C18H28F2IN3O3. The Morgan fingerprint density at radius 3 is 2.67 bits per heavy atom. The molecule has 0 bridgehead atoms. The fourth-order valence-corrected chi connectivity index (χ4v) is 2.73. The monoisotopic (exact) mass is 499 g/mol. The predicted molar refractivity (Wildman–Crippen MR) is 111 cm³/mol. The topological polar surface area (TPSA) is 75.1 Å². The van der Waals surface area contributed by atoms with Crippen LogP contribution in [0.4, 0.5) is 8.78 Å². The lowest BCUT2D eigenvalue weighted by molar-refractivity contribution is -0.0594. The van der Waals surface area contributed by atoms with E-state index in [1.807, 2.05) is 13.8 Å². The Bertz CT molecular complexity index is 612. The zero-order valence-electron chi connectivity index (χ0n) is 15.6. The molecule has 9 heteroatoms. The van der Waals surface area contributed by atoms with Crippen molar-refractivity contribution in [2.45, 2.75) is 45.4 Å². The van der Waals surface area contributed by atoms with Gasteiger partial charge in [0.2, 0.25) is 0 Å². The second kappa shape index (κ2) is 11.6. The average Bonchev–Trinajstić information content (AvgIpc) is 2.60. The summed E-state index contributed by atoms with van der Waals surface area (Å²) in [6, 6.07) is 5.02. The van der Waals surface area contributed by atoms with Crippen LogP contribution in [0.2, 0.25) is 0 Å². The number of aliphatic hydroxyl groups is 1. The summed E-state index contributed by atoms with van der Waals surface area (Å²) in [6.45, 7) is 3.16. The minimum absolute atomic E-state index is 0. The molecule has 0 unspecified atom stereocenters. The van der Waals surface area contributed by atoms with Crippen LogP contribution < -0.4 is 15.4 Å². The van der Waals surface area contributed by atoms with E-state index in [1.165, 1.54) is 6.07 Å². The molecule has 1 saturated heterocycles. The van der Waals surface area contributed by atoms with E-state index in [9.17, 15) is 13.9 Å². The Morgan fingerprint density at radius 1 is 1.33 bits per heavy atom. The SMILES string of the molecule is CCNC(=NCc1cc(C)ccc1OC(F)F)NCC1(O)CCOCC1.I. The third-order valence-corrected chi connectivity index (χ3v) is 4.19. The standard InChI is InChI=1S/C18H27F2N3O3.HI/c1-3-21-17(23-12-18(24)6-8-25-9-7-18)22-11-14-10-13(2)4-5-15(14)26-16(19)20;/h4-5,10,16,24H,3,6-9,11-12H2,1-2H3,(H2,21,22,23);1H. The van der Waals surface area contributed by atoms with Crippen LogP contribution in [-0.4, -0.2) is 49.6 Å². The zero-order chi connectivity index (χ0) is 19.0. The number of benzene rings is 1. The summed E-state index contributed by atoms with van der Waals surface area (Å²) in [7, 11) is 0. The smallest absolute Gasteiger partial charge is 0.387 e. The van der Waals surface area contributed by atoms with E-state index in [1.54, 1.807) is 12.1 Å². The Balaban J connectivity index is 0.00000364. The first-order valence-corrected chi connectivity index (χ1v) is 8.78. The molecule has 6 nitrogen and oxygen atoms in total. The number of hydrogen-bond acceptors (Lipinski definition) is 4. The van der Waals surface area contributed by atoms with Gasteiger partial charge >= 0.3 is 6.61 Å². The number of alkyl halides is 2. The second-order valence-electron chi connectivity index (χ2n) is 6.38. The number of nitrogens with zero attached hydrogens (tertiary/aromatic N) is 1. The quantitative estimate of drug-likeness (QED) is 0.306. The average molecular weight is 499 g/mol. The van der Waals surface area contributed by atoms with Gasteiger partial charge in [-0.25, -0.2) is 4.99 Å². The molecule has 1 fully saturated rings. The normalized spacial score (nSPS) is 16.6. The maximum atomic E-state index is 12.6. The van der Waals surface area contributed by atoms with Crippen molar-refractivity contribution in [2.24, 2.45) is 4.99 Å². The van der Waals surface area contributed by atoms with Crippen LogP contribution in [0, 0.1) is 6.92 Å². The molecule has 0 aromatic heterocycles. The van der Waals surface area contributed by atoms with Crippen molar-refractivity contribution in [3.63, 3.8) is 0 Å². The molecule has 3 N–H and O–H groups in total. The van der Waals surface area contributed by atoms with Crippen LogP contribution >= 0.6 is 24.0 Å². The highest BCUT2D eigenvalue weighted by Gasteiger charge is 2.29. The van der Waals surface area contributed by atoms with Crippen LogP contribution in [0.1, 0.15) is 30.9 Å². The number of halogens is 3. The summed E-state index contributed by atoms with van der Waals surface area (Å²) in [5.41, 5.74) is 0.681. The number of aryl methyl sites for hydroxylation is 1.